The number of rotatable bonds is 7. The number of quaternary nitrogens is 1. The third-order valence-electron chi connectivity index (χ3n) is 5.57. The minimum atomic E-state index is -0.274. The third-order valence-corrected chi connectivity index (χ3v) is 5.82. The van der Waals surface area contributed by atoms with Crippen molar-refractivity contribution in [1.82, 2.24) is 5.32 Å². The number of halogens is 1. The fraction of sp³-hybridized carbons (Fsp3) is 0.391. The summed E-state index contributed by atoms with van der Waals surface area (Å²) in [6.07, 6.45) is 4.87. The highest BCUT2D eigenvalue weighted by molar-refractivity contribution is 6.30. The molecule has 1 fully saturated rings. The van der Waals surface area contributed by atoms with Crippen molar-refractivity contribution < 1.29 is 14.5 Å². The van der Waals surface area contributed by atoms with Crippen molar-refractivity contribution in [2.45, 2.75) is 38.6 Å². The van der Waals surface area contributed by atoms with Crippen LogP contribution in [0.25, 0.3) is 0 Å². The molecule has 3 rings (SSSR count). The molecular formula is C23H29ClN3O2+. The van der Waals surface area contributed by atoms with Gasteiger partial charge < -0.3 is 15.5 Å². The number of piperidine rings is 1. The Hall–Kier alpha value is -2.37. The lowest BCUT2D eigenvalue weighted by Crippen LogP contribution is -3.16. The van der Waals surface area contributed by atoms with Gasteiger partial charge in [0.25, 0.3) is 11.8 Å². The summed E-state index contributed by atoms with van der Waals surface area (Å²) in [4.78, 5) is 26.8. The van der Waals surface area contributed by atoms with E-state index in [4.69, 9.17) is 11.6 Å². The molecule has 3 N–H and O–H groups in total. The summed E-state index contributed by atoms with van der Waals surface area (Å²) in [6, 6.07) is 14.4. The number of para-hydroxylation sites is 1. The SMILES string of the molecule is C[C@H]1CCCC[NH+]1CCCNC(=O)c1ccccc1NC(=O)c1ccc(Cl)cc1. The summed E-state index contributed by atoms with van der Waals surface area (Å²) in [5.74, 6) is -0.441. The standard InChI is InChI=1S/C23H28ClN3O2/c1-17-7-4-5-15-27(17)16-6-14-25-23(29)20-8-2-3-9-21(20)26-22(28)18-10-12-19(24)13-11-18/h2-3,8-13,17H,4-7,14-16H2,1H3,(H,25,29)(H,26,28)/p+1/t17-/m0/s1. The zero-order valence-corrected chi connectivity index (χ0v) is 17.6. The van der Waals surface area contributed by atoms with Gasteiger partial charge in [0.1, 0.15) is 0 Å². The predicted molar refractivity (Wildman–Crippen MR) is 117 cm³/mol. The highest BCUT2D eigenvalue weighted by atomic mass is 35.5. The Morgan fingerprint density at radius 1 is 1.07 bits per heavy atom. The Bertz CT molecular complexity index is 838. The average molecular weight is 415 g/mol. The second-order valence-electron chi connectivity index (χ2n) is 7.67. The number of nitrogens with one attached hydrogen (secondary N) is 3. The number of carbonyl (C=O) groups excluding carboxylic acids is 2. The van der Waals surface area contributed by atoms with Gasteiger partial charge >= 0.3 is 0 Å². The molecule has 0 saturated carbocycles. The fourth-order valence-electron chi connectivity index (χ4n) is 3.82. The molecule has 5 nitrogen and oxygen atoms in total. The lowest BCUT2D eigenvalue weighted by Gasteiger charge is -2.30. The molecule has 154 valence electrons. The maximum absolute atomic E-state index is 12.7. The number of hydrogen-bond donors (Lipinski definition) is 3. The first kappa shape index (κ1) is 21.3. The van der Waals surface area contributed by atoms with Gasteiger partial charge in [-0.1, -0.05) is 23.7 Å². The van der Waals surface area contributed by atoms with Gasteiger partial charge in [0.15, 0.2) is 0 Å². The van der Waals surface area contributed by atoms with Crippen molar-refractivity contribution in [2.24, 2.45) is 0 Å². The van der Waals surface area contributed by atoms with Gasteiger partial charge in [-0.15, -0.1) is 0 Å². The maximum Gasteiger partial charge on any atom is 0.255 e. The number of benzene rings is 2. The zero-order valence-electron chi connectivity index (χ0n) is 16.8. The minimum Gasteiger partial charge on any atom is -0.352 e. The van der Waals surface area contributed by atoms with Crippen LogP contribution in [-0.4, -0.2) is 37.5 Å². The largest absolute Gasteiger partial charge is 0.352 e. The van der Waals surface area contributed by atoms with Crippen molar-refractivity contribution in [2.75, 3.05) is 25.0 Å². The van der Waals surface area contributed by atoms with Crippen LogP contribution in [0.2, 0.25) is 5.02 Å². The summed E-state index contributed by atoms with van der Waals surface area (Å²) >= 11 is 5.88. The van der Waals surface area contributed by atoms with E-state index in [1.165, 1.54) is 25.8 Å². The molecule has 0 radical (unpaired) electrons. The molecule has 1 aliphatic heterocycles. The summed E-state index contributed by atoms with van der Waals surface area (Å²) in [6.45, 7) is 5.26. The van der Waals surface area contributed by atoms with Gasteiger partial charge in [0, 0.05) is 23.6 Å². The quantitative estimate of drug-likeness (QED) is 0.609. The topological polar surface area (TPSA) is 62.6 Å². The molecule has 1 unspecified atom stereocenters. The molecule has 0 aliphatic carbocycles. The summed E-state index contributed by atoms with van der Waals surface area (Å²) < 4.78 is 0. The molecule has 2 atom stereocenters. The Morgan fingerprint density at radius 3 is 2.59 bits per heavy atom. The van der Waals surface area contributed by atoms with Crippen molar-refractivity contribution in [3.63, 3.8) is 0 Å². The predicted octanol–water partition coefficient (Wildman–Crippen LogP) is 3.17. The van der Waals surface area contributed by atoms with Gasteiger partial charge in [-0.05, 0) is 62.6 Å². The Kier molecular flexibility index (Phi) is 7.67. The molecule has 1 saturated heterocycles. The molecule has 6 heteroatoms. The van der Waals surface area contributed by atoms with Crippen LogP contribution in [0, 0.1) is 0 Å². The first-order chi connectivity index (χ1) is 14.0. The van der Waals surface area contributed by atoms with Crippen molar-refractivity contribution >= 4 is 29.1 Å². The average Bonchev–Trinajstić information content (AvgIpc) is 2.73. The highest BCUT2D eigenvalue weighted by Gasteiger charge is 2.21. The van der Waals surface area contributed by atoms with E-state index in [0.717, 1.165) is 13.0 Å². The summed E-state index contributed by atoms with van der Waals surface area (Å²) in [7, 11) is 0. The number of anilines is 1. The van der Waals surface area contributed by atoms with Crippen LogP contribution in [0.5, 0.6) is 0 Å². The van der Waals surface area contributed by atoms with Crippen LogP contribution in [0.4, 0.5) is 5.69 Å². The van der Waals surface area contributed by atoms with Crippen LogP contribution in [0.1, 0.15) is 53.3 Å². The first-order valence-electron chi connectivity index (χ1n) is 10.3. The molecule has 29 heavy (non-hydrogen) atoms. The number of carbonyl (C=O) groups is 2. The molecule has 0 bridgehead atoms. The van der Waals surface area contributed by atoms with E-state index in [1.807, 2.05) is 0 Å². The van der Waals surface area contributed by atoms with Crippen LogP contribution < -0.4 is 15.5 Å². The minimum absolute atomic E-state index is 0.168. The molecular weight excluding hydrogens is 386 g/mol. The monoisotopic (exact) mass is 414 g/mol. The Labute approximate surface area is 177 Å². The van der Waals surface area contributed by atoms with Gasteiger partial charge in [0.05, 0.1) is 30.4 Å². The fourth-order valence-corrected chi connectivity index (χ4v) is 3.95. The molecule has 2 aromatic carbocycles. The van der Waals surface area contributed by atoms with Gasteiger partial charge in [0.2, 0.25) is 0 Å². The van der Waals surface area contributed by atoms with Crippen LogP contribution >= 0.6 is 11.6 Å². The van der Waals surface area contributed by atoms with E-state index < -0.39 is 0 Å². The molecule has 1 heterocycles. The van der Waals surface area contributed by atoms with Gasteiger partial charge in [-0.25, -0.2) is 0 Å². The van der Waals surface area contributed by atoms with Crippen molar-refractivity contribution in [3.05, 3.63) is 64.7 Å². The van der Waals surface area contributed by atoms with Crippen LogP contribution in [0.3, 0.4) is 0 Å². The molecule has 0 aromatic heterocycles. The van der Waals surface area contributed by atoms with Crippen molar-refractivity contribution in [1.29, 1.82) is 0 Å². The lowest BCUT2D eigenvalue weighted by molar-refractivity contribution is -0.928. The van der Waals surface area contributed by atoms with Crippen LogP contribution in [-0.2, 0) is 0 Å². The summed E-state index contributed by atoms with van der Waals surface area (Å²) in [5.41, 5.74) is 1.46. The van der Waals surface area contributed by atoms with E-state index in [2.05, 4.69) is 17.6 Å². The van der Waals surface area contributed by atoms with E-state index in [9.17, 15) is 9.59 Å². The van der Waals surface area contributed by atoms with E-state index in [1.54, 1.807) is 53.4 Å². The molecule has 2 aromatic rings. The van der Waals surface area contributed by atoms with Gasteiger partial charge in [-0.2, -0.15) is 0 Å². The van der Waals surface area contributed by atoms with E-state index >= 15 is 0 Å². The third kappa shape index (κ3) is 6.05. The molecule has 2 amide bonds. The second-order valence-corrected chi connectivity index (χ2v) is 8.11. The number of likely N-dealkylation sites (tertiary alicyclic amines) is 1. The normalized spacial score (nSPS) is 18.8. The molecule has 0 spiro atoms. The van der Waals surface area contributed by atoms with Gasteiger partial charge in [-0.3, -0.25) is 9.59 Å². The summed E-state index contributed by atoms with van der Waals surface area (Å²) in [5, 5.41) is 6.39. The number of amides is 2. The van der Waals surface area contributed by atoms with Crippen LogP contribution in [0.15, 0.2) is 48.5 Å². The first-order valence-corrected chi connectivity index (χ1v) is 10.7. The maximum atomic E-state index is 12.7. The Balaban J connectivity index is 1.54. The van der Waals surface area contributed by atoms with Crippen molar-refractivity contribution in [3.8, 4) is 0 Å². The molecule has 1 aliphatic rings. The highest BCUT2D eigenvalue weighted by Crippen LogP contribution is 2.17. The number of hydrogen-bond acceptors (Lipinski definition) is 2. The lowest BCUT2D eigenvalue weighted by atomic mass is 10.0. The van der Waals surface area contributed by atoms with E-state index in [-0.39, 0.29) is 11.8 Å². The Morgan fingerprint density at radius 2 is 1.83 bits per heavy atom. The zero-order chi connectivity index (χ0) is 20.6. The second kappa shape index (κ2) is 10.4. The smallest absolute Gasteiger partial charge is 0.255 e. The van der Waals surface area contributed by atoms with E-state index in [0.29, 0.717) is 34.4 Å².